The van der Waals surface area contributed by atoms with E-state index in [2.05, 4.69) is 25.9 Å². The Labute approximate surface area is 183 Å². The molecule has 0 saturated carbocycles. The summed E-state index contributed by atoms with van der Waals surface area (Å²) in [5.74, 6) is -0.782. The Morgan fingerprint density at radius 2 is 0.966 bits per heavy atom. The minimum Gasteiger partial charge on any atom is -0.480 e. The van der Waals surface area contributed by atoms with Crippen molar-refractivity contribution in [2.45, 2.75) is 123 Å². The standard InChI is InChI=1S/C20H43N.C5H11NO2/c1-4-5-6-7-8-9-10-11-12-13-14-15-16-17-18-19-20-21(2)3;1-4(5(7)8)6(2)3/h4-20H2,1-3H3;4H,1-3H3,(H,7,8). The van der Waals surface area contributed by atoms with Gasteiger partial charge < -0.3 is 10.0 Å². The van der Waals surface area contributed by atoms with Crippen LogP contribution in [0.2, 0.25) is 0 Å². The minimum atomic E-state index is -0.782. The predicted octanol–water partition coefficient (Wildman–Crippen LogP) is 6.83. The van der Waals surface area contributed by atoms with Crippen molar-refractivity contribution in [1.29, 1.82) is 0 Å². The average Bonchev–Trinajstić information content (AvgIpc) is 2.67. The van der Waals surface area contributed by atoms with E-state index in [1.54, 1.807) is 25.9 Å². The summed E-state index contributed by atoms with van der Waals surface area (Å²) in [7, 11) is 7.81. The molecule has 0 aromatic heterocycles. The molecule has 0 amide bonds. The molecule has 0 fully saturated rings. The highest BCUT2D eigenvalue weighted by Crippen LogP contribution is 2.13. The van der Waals surface area contributed by atoms with E-state index in [0.29, 0.717) is 0 Å². The third-order valence-electron chi connectivity index (χ3n) is 5.59. The van der Waals surface area contributed by atoms with E-state index in [4.69, 9.17) is 5.11 Å². The quantitative estimate of drug-likeness (QED) is 0.235. The van der Waals surface area contributed by atoms with Crippen molar-refractivity contribution < 1.29 is 9.90 Å². The summed E-state index contributed by atoms with van der Waals surface area (Å²) < 4.78 is 0. The first kappa shape index (κ1) is 30.6. The minimum absolute atomic E-state index is 0.380. The van der Waals surface area contributed by atoms with Gasteiger partial charge in [-0.1, -0.05) is 103 Å². The highest BCUT2D eigenvalue weighted by Gasteiger charge is 2.11. The van der Waals surface area contributed by atoms with Crippen LogP contribution in [0.3, 0.4) is 0 Å². The summed E-state index contributed by atoms with van der Waals surface area (Å²) in [6, 6.07) is -0.380. The van der Waals surface area contributed by atoms with Gasteiger partial charge in [0.2, 0.25) is 0 Å². The van der Waals surface area contributed by atoms with Crippen molar-refractivity contribution in [3.8, 4) is 0 Å². The van der Waals surface area contributed by atoms with Crippen molar-refractivity contribution in [3.05, 3.63) is 0 Å². The Balaban J connectivity index is 0. The SMILES string of the molecule is CC(C(=O)O)N(C)C.CCCCCCCCCCCCCCCCCCN(C)C. The fraction of sp³-hybridized carbons (Fsp3) is 0.960. The number of carboxylic acids is 1. The van der Waals surface area contributed by atoms with Crippen LogP contribution in [0, 0.1) is 0 Å². The van der Waals surface area contributed by atoms with E-state index in [-0.39, 0.29) is 6.04 Å². The fourth-order valence-corrected chi connectivity index (χ4v) is 3.20. The van der Waals surface area contributed by atoms with Crippen LogP contribution in [0.1, 0.15) is 117 Å². The molecule has 0 spiro atoms. The van der Waals surface area contributed by atoms with E-state index in [1.807, 2.05) is 0 Å². The maximum absolute atomic E-state index is 10.1. The summed E-state index contributed by atoms with van der Waals surface area (Å²) in [5.41, 5.74) is 0. The van der Waals surface area contributed by atoms with E-state index >= 15 is 0 Å². The molecule has 0 aliphatic rings. The van der Waals surface area contributed by atoms with Gasteiger partial charge in [0.15, 0.2) is 0 Å². The molecule has 29 heavy (non-hydrogen) atoms. The Morgan fingerprint density at radius 3 is 1.17 bits per heavy atom. The van der Waals surface area contributed by atoms with Gasteiger partial charge in [0.25, 0.3) is 0 Å². The van der Waals surface area contributed by atoms with Crippen molar-refractivity contribution >= 4 is 5.97 Å². The van der Waals surface area contributed by atoms with Crippen LogP contribution in [-0.4, -0.2) is 61.7 Å². The van der Waals surface area contributed by atoms with Crippen LogP contribution in [0.5, 0.6) is 0 Å². The average molecular weight is 415 g/mol. The maximum atomic E-state index is 10.1. The zero-order valence-electron chi connectivity index (χ0n) is 20.8. The lowest BCUT2D eigenvalue weighted by Gasteiger charge is -2.13. The van der Waals surface area contributed by atoms with Gasteiger partial charge in [0.1, 0.15) is 6.04 Å². The van der Waals surface area contributed by atoms with Crippen LogP contribution in [0.4, 0.5) is 0 Å². The maximum Gasteiger partial charge on any atom is 0.320 e. The Hall–Kier alpha value is -0.610. The predicted molar refractivity (Wildman–Crippen MR) is 129 cm³/mol. The van der Waals surface area contributed by atoms with Gasteiger partial charge in [0, 0.05) is 0 Å². The zero-order chi connectivity index (χ0) is 22.3. The van der Waals surface area contributed by atoms with Gasteiger partial charge in [-0.15, -0.1) is 0 Å². The van der Waals surface area contributed by atoms with Crippen molar-refractivity contribution in [2.24, 2.45) is 0 Å². The normalized spacial score (nSPS) is 12.1. The van der Waals surface area contributed by atoms with Gasteiger partial charge >= 0.3 is 5.97 Å². The van der Waals surface area contributed by atoms with Gasteiger partial charge in [-0.3, -0.25) is 9.69 Å². The molecule has 1 N–H and O–H groups in total. The highest BCUT2D eigenvalue weighted by molar-refractivity contribution is 5.72. The summed E-state index contributed by atoms with van der Waals surface area (Å²) in [6.45, 7) is 5.20. The molecule has 0 saturated heterocycles. The molecule has 176 valence electrons. The fourth-order valence-electron chi connectivity index (χ4n) is 3.20. The van der Waals surface area contributed by atoms with Gasteiger partial charge in [-0.2, -0.15) is 0 Å². The van der Waals surface area contributed by atoms with E-state index < -0.39 is 5.97 Å². The number of carboxylic acid groups (broad SMARTS) is 1. The summed E-state index contributed by atoms with van der Waals surface area (Å²) >= 11 is 0. The number of unbranched alkanes of at least 4 members (excludes halogenated alkanes) is 15. The Kier molecular flexibility index (Phi) is 25.0. The highest BCUT2D eigenvalue weighted by atomic mass is 16.4. The Bertz CT molecular complexity index is 333. The molecule has 4 heteroatoms. The second-order valence-electron chi connectivity index (χ2n) is 9.08. The van der Waals surface area contributed by atoms with Crippen LogP contribution in [0.25, 0.3) is 0 Å². The molecular formula is C25H54N2O2. The van der Waals surface area contributed by atoms with E-state index in [1.165, 1.54) is 109 Å². The summed E-state index contributed by atoms with van der Waals surface area (Å²) in [4.78, 5) is 14.0. The van der Waals surface area contributed by atoms with Crippen molar-refractivity contribution in [1.82, 2.24) is 9.80 Å². The molecule has 1 unspecified atom stereocenters. The lowest BCUT2D eigenvalue weighted by molar-refractivity contribution is -0.141. The van der Waals surface area contributed by atoms with Crippen LogP contribution < -0.4 is 0 Å². The molecule has 0 radical (unpaired) electrons. The zero-order valence-corrected chi connectivity index (χ0v) is 20.8. The third-order valence-corrected chi connectivity index (χ3v) is 5.59. The first-order valence-corrected chi connectivity index (χ1v) is 12.4. The van der Waals surface area contributed by atoms with E-state index in [9.17, 15) is 4.79 Å². The first-order chi connectivity index (χ1) is 13.8. The number of hydrogen-bond acceptors (Lipinski definition) is 3. The second-order valence-corrected chi connectivity index (χ2v) is 9.08. The number of aliphatic carboxylic acids is 1. The molecule has 0 aromatic rings. The molecule has 0 aliphatic heterocycles. The van der Waals surface area contributed by atoms with Crippen LogP contribution >= 0.6 is 0 Å². The largest absolute Gasteiger partial charge is 0.480 e. The lowest BCUT2D eigenvalue weighted by atomic mass is 10.0. The molecule has 0 bridgehead atoms. The Morgan fingerprint density at radius 1 is 0.655 bits per heavy atom. The monoisotopic (exact) mass is 414 g/mol. The smallest absolute Gasteiger partial charge is 0.320 e. The third kappa shape index (κ3) is 27.4. The molecule has 0 aromatic carbocycles. The number of carbonyl (C=O) groups is 1. The number of rotatable bonds is 19. The van der Waals surface area contributed by atoms with Crippen LogP contribution in [-0.2, 0) is 4.79 Å². The lowest BCUT2D eigenvalue weighted by Crippen LogP contribution is -2.32. The molecule has 0 heterocycles. The molecule has 0 rings (SSSR count). The second kappa shape index (κ2) is 23.7. The van der Waals surface area contributed by atoms with Gasteiger partial charge in [-0.05, 0) is 48.1 Å². The molecular weight excluding hydrogens is 360 g/mol. The molecule has 1 atom stereocenters. The van der Waals surface area contributed by atoms with Crippen molar-refractivity contribution in [3.63, 3.8) is 0 Å². The van der Waals surface area contributed by atoms with Gasteiger partial charge in [0.05, 0.1) is 0 Å². The summed E-state index contributed by atoms with van der Waals surface area (Å²) in [5, 5.41) is 8.31. The first-order valence-electron chi connectivity index (χ1n) is 12.4. The van der Waals surface area contributed by atoms with E-state index in [0.717, 1.165) is 0 Å². The number of hydrogen-bond donors (Lipinski definition) is 1. The van der Waals surface area contributed by atoms with Crippen molar-refractivity contribution in [2.75, 3.05) is 34.7 Å². The summed E-state index contributed by atoms with van der Waals surface area (Å²) in [6.07, 6.45) is 23.3. The molecule has 0 aliphatic carbocycles. The van der Waals surface area contributed by atoms with Crippen LogP contribution in [0.15, 0.2) is 0 Å². The molecule has 4 nitrogen and oxygen atoms in total. The van der Waals surface area contributed by atoms with Gasteiger partial charge in [-0.25, -0.2) is 0 Å². The topological polar surface area (TPSA) is 43.8 Å². The number of nitrogens with zero attached hydrogens (tertiary/aromatic N) is 2. The number of likely N-dealkylation sites (N-methyl/N-ethyl adjacent to an activating group) is 1.